The van der Waals surface area contributed by atoms with Crippen LogP contribution in [0.1, 0.15) is 96.8 Å². The minimum atomic E-state index is -2.26. The Balaban J connectivity index is 3.08. The second-order valence-electron chi connectivity index (χ2n) is 6.52. The third kappa shape index (κ3) is 16.4. The van der Waals surface area contributed by atoms with Gasteiger partial charge in [-0.2, -0.15) is 0 Å². The van der Waals surface area contributed by atoms with Crippen molar-refractivity contribution in [3.8, 4) is 0 Å². The van der Waals surface area contributed by atoms with E-state index in [0.717, 1.165) is 12.6 Å². The Morgan fingerprint density at radius 2 is 1.00 bits per heavy atom. The fourth-order valence-corrected chi connectivity index (χ4v) is 3.67. The molecule has 0 fully saturated rings. The molecule has 128 valence electrons. The van der Waals surface area contributed by atoms with Gasteiger partial charge in [0.15, 0.2) is 7.37 Å². The summed E-state index contributed by atoms with van der Waals surface area (Å²) in [6.45, 7) is 4.02. The number of rotatable bonds is 16. The van der Waals surface area contributed by atoms with Crippen LogP contribution in [0.3, 0.4) is 0 Å². The van der Waals surface area contributed by atoms with E-state index in [-0.39, 0.29) is 0 Å². The molecule has 0 aliphatic carbocycles. The highest BCUT2D eigenvalue weighted by atomic mass is 31.2. The SMILES string of the molecule is CCCCCCCCCCCCCCCCP(C)(=O)OC. The van der Waals surface area contributed by atoms with Crippen LogP contribution in [0.2, 0.25) is 0 Å². The summed E-state index contributed by atoms with van der Waals surface area (Å²) in [6, 6.07) is 0. The molecule has 0 spiro atoms. The van der Waals surface area contributed by atoms with Crippen molar-refractivity contribution in [2.24, 2.45) is 0 Å². The molecule has 0 aromatic heterocycles. The second kappa shape index (κ2) is 15.1. The zero-order chi connectivity index (χ0) is 15.8. The van der Waals surface area contributed by atoms with Crippen molar-refractivity contribution in [1.82, 2.24) is 0 Å². The third-order valence-corrected chi connectivity index (χ3v) is 6.21. The van der Waals surface area contributed by atoms with E-state index in [1.54, 1.807) is 13.8 Å². The summed E-state index contributed by atoms with van der Waals surface area (Å²) < 4.78 is 16.7. The molecule has 21 heavy (non-hydrogen) atoms. The quantitative estimate of drug-likeness (QED) is 0.226. The van der Waals surface area contributed by atoms with Gasteiger partial charge in [-0.3, -0.25) is 4.57 Å². The van der Waals surface area contributed by atoms with Crippen molar-refractivity contribution in [3.05, 3.63) is 0 Å². The molecule has 0 radical (unpaired) electrons. The van der Waals surface area contributed by atoms with E-state index in [2.05, 4.69) is 6.92 Å². The maximum absolute atomic E-state index is 11.7. The molecule has 0 aliphatic heterocycles. The van der Waals surface area contributed by atoms with Gasteiger partial charge in [0, 0.05) is 19.9 Å². The maximum atomic E-state index is 11.7. The van der Waals surface area contributed by atoms with Crippen LogP contribution >= 0.6 is 7.37 Å². The number of hydrogen-bond donors (Lipinski definition) is 0. The van der Waals surface area contributed by atoms with Crippen molar-refractivity contribution in [2.75, 3.05) is 19.9 Å². The summed E-state index contributed by atoms with van der Waals surface area (Å²) in [5.74, 6) is 0. The smallest absolute Gasteiger partial charge is 0.199 e. The van der Waals surface area contributed by atoms with Gasteiger partial charge >= 0.3 is 0 Å². The Morgan fingerprint density at radius 1 is 0.667 bits per heavy atom. The van der Waals surface area contributed by atoms with Gasteiger partial charge < -0.3 is 4.52 Å². The number of hydrogen-bond acceptors (Lipinski definition) is 2. The van der Waals surface area contributed by atoms with E-state index in [4.69, 9.17) is 4.52 Å². The van der Waals surface area contributed by atoms with E-state index < -0.39 is 7.37 Å². The average Bonchev–Trinajstić information content (AvgIpc) is 2.47. The van der Waals surface area contributed by atoms with Gasteiger partial charge in [0.2, 0.25) is 0 Å². The van der Waals surface area contributed by atoms with Gasteiger partial charge in [0.05, 0.1) is 0 Å². The first-order valence-corrected chi connectivity index (χ1v) is 11.5. The third-order valence-electron chi connectivity index (χ3n) is 4.30. The molecule has 0 heterocycles. The highest BCUT2D eigenvalue weighted by Gasteiger charge is 2.11. The molecule has 1 unspecified atom stereocenters. The molecule has 0 aromatic rings. The van der Waals surface area contributed by atoms with Crippen LogP contribution in [-0.2, 0) is 9.09 Å². The first kappa shape index (κ1) is 21.2. The van der Waals surface area contributed by atoms with Crippen molar-refractivity contribution >= 4 is 7.37 Å². The number of unbranched alkanes of at least 4 members (excludes halogenated alkanes) is 13. The predicted octanol–water partition coefficient (Wildman–Crippen LogP) is 7.02. The Labute approximate surface area is 133 Å². The van der Waals surface area contributed by atoms with Crippen molar-refractivity contribution in [1.29, 1.82) is 0 Å². The zero-order valence-corrected chi connectivity index (χ0v) is 15.8. The van der Waals surface area contributed by atoms with E-state index >= 15 is 0 Å². The van der Waals surface area contributed by atoms with E-state index in [0.29, 0.717) is 0 Å². The van der Waals surface area contributed by atoms with Gasteiger partial charge in [-0.25, -0.2) is 0 Å². The van der Waals surface area contributed by atoms with Crippen LogP contribution < -0.4 is 0 Å². The van der Waals surface area contributed by atoms with Gasteiger partial charge in [0.25, 0.3) is 0 Å². The largest absolute Gasteiger partial charge is 0.332 e. The normalized spacial score (nSPS) is 14.2. The summed E-state index contributed by atoms with van der Waals surface area (Å²) in [4.78, 5) is 0. The van der Waals surface area contributed by atoms with Crippen LogP contribution in [0.5, 0.6) is 0 Å². The summed E-state index contributed by atoms with van der Waals surface area (Å²) in [5.41, 5.74) is 0. The van der Waals surface area contributed by atoms with Crippen molar-refractivity contribution in [3.63, 3.8) is 0 Å². The lowest BCUT2D eigenvalue weighted by molar-refractivity contribution is 0.396. The molecule has 2 nitrogen and oxygen atoms in total. The molecule has 0 aliphatic rings. The highest BCUT2D eigenvalue weighted by Crippen LogP contribution is 2.42. The zero-order valence-electron chi connectivity index (χ0n) is 14.9. The fraction of sp³-hybridized carbons (Fsp3) is 1.00. The minimum absolute atomic E-state index is 0.752. The van der Waals surface area contributed by atoms with Crippen molar-refractivity contribution in [2.45, 2.75) is 96.8 Å². The van der Waals surface area contributed by atoms with Gasteiger partial charge in [-0.1, -0.05) is 90.4 Å². The molecule has 3 heteroatoms. The van der Waals surface area contributed by atoms with Gasteiger partial charge in [-0.05, 0) is 6.42 Å². The van der Waals surface area contributed by atoms with Crippen LogP contribution in [0.4, 0.5) is 0 Å². The summed E-state index contributed by atoms with van der Waals surface area (Å²) in [5, 5.41) is 0. The van der Waals surface area contributed by atoms with Gasteiger partial charge in [-0.15, -0.1) is 0 Å². The molecule has 0 rings (SSSR count). The first-order chi connectivity index (χ1) is 10.1. The van der Waals surface area contributed by atoms with Crippen LogP contribution in [0.25, 0.3) is 0 Å². The Bertz CT molecular complexity index is 254. The molecule has 1 atom stereocenters. The minimum Gasteiger partial charge on any atom is -0.332 e. The first-order valence-electron chi connectivity index (χ1n) is 9.24. The second-order valence-corrected chi connectivity index (χ2v) is 9.36. The molecular formula is C18H39O2P. The van der Waals surface area contributed by atoms with Crippen LogP contribution in [0.15, 0.2) is 0 Å². The molecule has 0 aromatic carbocycles. The Kier molecular flexibility index (Phi) is 15.2. The lowest BCUT2D eigenvalue weighted by Gasteiger charge is -2.09. The molecule has 0 saturated heterocycles. The van der Waals surface area contributed by atoms with Crippen LogP contribution in [0, 0.1) is 0 Å². The molecule has 0 bridgehead atoms. The van der Waals surface area contributed by atoms with E-state index in [1.165, 1.54) is 83.5 Å². The standard InChI is InChI=1S/C18H39O2P/c1-4-5-6-7-8-9-10-11-12-13-14-15-16-17-18-21(3,19)20-2/h4-18H2,1-3H3. The predicted molar refractivity (Wildman–Crippen MR) is 95.7 cm³/mol. The molecule has 0 N–H and O–H groups in total. The van der Waals surface area contributed by atoms with E-state index in [9.17, 15) is 4.57 Å². The Morgan fingerprint density at radius 3 is 1.33 bits per heavy atom. The topological polar surface area (TPSA) is 26.3 Å². The highest BCUT2D eigenvalue weighted by molar-refractivity contribution is 7.58. The summed E-state index contributed by atoms with van der Waals surface area (Å²) in [6.07, 6.45) is 19.8. The van der Waals surface area contributed by atoms with Gasteiger partial charge in [0.1, 0.15) is 0 Å². The van der Waals surface area contributed by atoms with Crippen LogP contribution in [-0.4, -0.2) is 19.9 Å². The molecule has 0 amide bonds. The summed E-state index contributed by atoms with van der Waals surface area (Å²) >= 11 is 0. The monoisotopic (exact) mass is 318 g/mol. The molecular weight excluding hydrogens is 279 g/mol. The Hall–Kier alpha value is 0.190. The maximum Gasteiger partial charge on any atom is 0.199 e. The fourth-order valence-electron chi connectivity index (χ4n) is 2.68. The van der Waals surface area contributed by atoms with Crippen molar-refractivity contribution < 1.29 is 9.09 Å². The lowest BCUT2D eigenvalue weighted by atomic mass is 10.0. The van der Waals surface area contributed by atoms with E-state index in [1.807, 2.05) is 0 Å². The lowest BCUT2D eigenvalue weighted by Crippen LogP contribution is -1.91. The summed E-state index contributed by atoms with van der Waals surface area (Å²) in [7, 11) is -0.698. The average molecular weight is 318 g/mol. The molecule has 0 saturated carbocycles.